The van der Waals surface area contributed by atoms with E-state index in [1.165, 1.54) is 15.6 Å². The minimum atomic E-state index is -3.59. The van der Waals surface area contributed by atoms with Crippen LogP contribution in [0, 0.1) is 5.92 Å². The van der Waals surface area contributed by atoms with Crippen LogP contribution in [0.25, 0.3) is 0 Å². The van der Waals surface area contributed by atoms with Crippen molar-refractivity contribution in [1.29, 1.82) is 0 Å². The molecular weight excluding hydrogens is 382 g/mol. The van der Waals surface area contributed by atoms with E-state index in [1.54, 1.807) is 29.5 Å². The number of likely N-dealkylation sites (N-methyl/N-ethyl adjacent to an activating group) is 1. The summed E-state index contributed by atoms with van der Waals surface area (Å²) in [6.07, 6.45) is 1.99. The first-order valence-electron chi connectivity index (χ1n) is 8.31. The van der Waals surface area contributed by atoms with Gasteiger partial charge in [0.25, 0.3) is 10.0 Å². The van der Waals surface area contributed by atoms with Gasteiger partial charge in [-0.2, -0.15) is 4.31 Å². The molecule has 0 aromatic carbocycles. The lowest BCUT2D eigenvalue weighted by atomic mass is 10.0. The van der Waals surface area contributed by atoms with Gasteiger partial charge in [-0.1, -0.05) is 19.9 Å². The molecule has 144 valence electrons. The van der Waals surface area contributed by atoms with E-state index in [2.05, 4.69) is 13.8 Å². The summed E-state index contributed by atoms with van der Waals surface area (Å²) in [5.41, 5.74) is 6.04. The first kappa shape index (κ1) is 22.4. The number of nitrogens with zero attached hydrogens (tertiary/aromatic N) is 2. The molecule has 1 aromatic rings. The second-order valence-corrected chi connectivity index (χ2v) is 9.73. The number of hydrogen-bond acceptors (Lipinski definition) is 5. The lowest BCUT2D eigenvalue weighted by molar-refractivity contribution is -0.133. The van der Waals surface area contributed by atoms with E-state index < -0.39 is 16.1 Å². The van der Waals surface area contributed by atoms with Crippen molar-refractivity contribution in [3.8, 4) is 0 Å². The van der Waals surface area contributed by atoms with Crippen LogP contribution in [0.2, 0.25) is 0 Å². The minimum Gasteiger partial charge on any atom is -0.344 e. The van der Waals surface area contributed by atoms with Crippen molar-refractivity contribution < 1.29 is 13.2 Å². The molecule has 2 heterocycles. The maximum Gasteiger partial charge on any atom is 0.253 e. The van der Waals surface area contributed by atoms with Crippen LogP contribution in [-0.4, -0.2) is 55.8 Å². The Hall–Kier alpha value is -0.670. The average molecular weight is 410 g/mol. The predicted molar refractivity (Wildman–Crippen MR) is 104 cm³/mol. The van der Waals surface area contributed by atoms with Crippen molar-refractivity contribution in [3.63, 3.8) is 0 Å². The normalized spacial score (nSPS) is 19.6. The maximum absolute atomic E-state index is 12.7. The molecule has 1 saturated heterocycles. The second kappa shape index (κ2) is 9.32. The van der Waals surface area contributed by atoms with Gasteiger partial charge in [0.05, 0.1) is 0 Å². The Balaban J connectivity index is 0.00000312. The summed E-state index contributed by atoms with van der Waals surface area (Å²) in [4.78, 5) is 14.4. The highest BCUT2D eigenvalue weighted by Crippen LogP contribution is 2.29. The summed E-state index contributed by atoms with van der Waals surface area (Å²) in [5.74, 6) is 0.222. The zero-order valence-electron chi connectivity index (χ0n) is 14.9. The Kier molecular flexibility index (Phi) is 8.34. The van der Waals surface area contributed by atoms with Gasteiger partial charge in [0.2, 0.25) is 5.91 Å². The smallest absolute Gasteiger partial charge is 0.253 e. The molecule has 2 atom stereocenters. The predicted octanol–water partition coefficient (Wildman–Crippen LogP) is 2.15. The van der Waals surface area contributed by atoms with E-state index in [0.29, 0.717) is 42.5 Å². The standard InChI is InChI=1S/C16H27N3O3S2.ClH/c1-12(2)13(17)8-10-18(3)16(20)14-6-4-9-19(14)24(21,22)15-7-5-11-23-15;/h5,7,11-14H,4,6,8-10,17H2,1-3H3;1H. The molecule has 9 heteroatoms. The van der Waals surface area contributed by atoms with Crippen molar-refractivity contribution in [3.05, 3.63) is 17.5 Å². The number of rotatable bonds is 7. The first-order chi connectivity index (χ1) is 11.2. The van der Waals surface area contributed by atoms with E-state index in [-0.39, 0.29) is 24.4 Å². The molecule has 6 nitrogen and oxygen atoms in total. The van der Waals surface area contributed by atoms with Crippen LogP contribution in [0.15, 0.2) is 21.7 Å². The van der Waals surface area contributed by atoms with E-state index in [9.17, 15) is 13.2 Å². The quantitative estimate of drug-likeness (QED) is 0.747. The number of sulfonamides is 1. The van der Waals surface area contributed by atoms with Gasteiger partial charge in [-0.05, 0) is 36.6 Å². The highest BCUT2D eigenvalue weighted by molar-refractivity contribution is 7.91. The van der Waals surface area contributed by atoms with Gasteiger partial charge in [0, 0.05) is 26.2 Å². The van der Waals surface area contributed by atoms with Crippen molar-refractivity contribution in [2.75, 3.05) is 20.1 Å². The summed E-state index contributed by atoms with van der Waals surface area (Å²) in [7, 11) is -1.86. The number of carbonyl (C=O) groups is 1. The number of hydrogen-bond donors (Lipinski definition) is 1. The molecule has 1 amide bonds. The van der Waals surface area contributed by atoms with Gasteiger partial charge in [-0.15, -0.1) is 23.7 Å². The number of carbonyl (C=O) groups excluding carboxylic acids is 1. The SMILES string of the molecule is CC(C)C(N)CCN(C)C(=O)C1CCCN1S(=O)(=O)c1cccs1.Cl. The Morgan fingerprint density at radius 1 is 1.48 bits per heavy atom. The van der Waals surface area contributed by atoms with E-state index in [4.69, 9.17) is 5.73 Å². The summed E-state index contributed by atoms with van der Waals surface area (Å²) < 4.78 is 27.1. The fourth-order valence-electron chi connectivity index (χ4n) is 2.84. The fraction of sp³-hybridized carbons (Fsp3) is 0.688. The summed E-state index contributed by atoms with van der Waals surface area (Å²) in [6.45, 7) is 5.05. The van der Waals surface area contributed by atoms with Gasteiger partial charge >= 0.3 is 0 Å². The van der Waals surface area contributed by atoms with Crippen molar-refractivity contribution in [1.82, 2.24) is 9.21 Å². The van der Waals surface area contributed by atoms with E-state index in [1.807, 2.05) is 0 Å². The monoisotopic (exact) mass is 409 g/mol. The molecule has 2 unspecified atom stereocenters. The van der Waals surface area contributed by atoms with Crippen LogP contribution >= 0.6 is 23.7 Å². The van der Waals surface area contributed by atoms with Crippen LogP contribution < -0.4 is 5.73 Å². The van der Waals surface area contributed by atoms with Gasteiger partial charge in [0.15, 0.2) is 0 Å². The second-order valence-electron chi connectivity index (χ2n) is 6.66. The molecule has 1 aliphatic heterocycles. The summed E-state index contributed by atoms with van der Waals surface area (Å²) >= 11 is 1.19. The van der Waals surface area contributed by atoms with Crippen LogP contribution in [0.5, 0.6) is 0 Å². The Morgan fingerprint density at radius 2 is 2.16 bits per heavy atom. The Labute approximate surface area is 160 Å². The number of halogens is 1. The van der Waals surface area contributed by atoms with Crippen molar-refractivity contribution >= 4 is 39.7 Å². The summed E-state index contributed by atoms with van der Waals surface area (Å²) in [6, 6.07) is 2.74. The van der Waals surface area contributed by atoms with Gasteiger partial charge in [0.1, 0.15) is 10.3 Å². The van der Waals surface area contributed by atoms with E-state index >= 15 is 0 Å². The highest BCUT2D eigenvalue weighted by Gasteiger charge is 2.40. The average Bonchev–Trinajstić information content (AvgIpc) is 3.22. The molecule has 1 fully saturated rings. The van der Waals surface area contributed by atoms with Gasteiger partial charge in [-0.3, -0.25) is 4.79 Å². The van der Waals surface area contributed by atoms with Crippen LogP contribution in [-0.2, 0) is 14.8 Å². The van der Waals surface area contributed by atoms with Gasteiger partial charge in [-0.25, -0.2) is 8.42 Å². The molecule has 0 saturated carbocycles. The van der Waals surface area contributed by atoms with Crippen molar-refractivity contribution in [2.45, 2.75) is 49.4 Å². The van der Waals surface area contributed by atoms with Crippen LogP contribution in [0.1, 0.15) is 33.1 Å². The third-order valence-electron chi connectivity index (χ3n) is 4.58. The molecule has 2 rings (SSSR count). The molecular formula is C16H28ClN3O3S2. The van der Waals surface area contributed by atoms with Crippen LogP contribution in [0.3, 0.4) is 0 Å². The number of nitrogens with two attached hydrogens (primary N) is 1. The lowest BCUT2D eigenvalue weighted by Crippen LogP contribution is -2.47. The molecule has 0 bridgehead atoms. The molecule has 0 spiro atoms. The fourth-order valence-corrected chi connectivity index (χ4v) is 5.61. The first-order valence-corrected chi connectivity index (χ1v) is 10.6. The molecule has 25 heavy (non-hydrogen) atoms. The topological polar surface area (TPSA) is 83.7 Å². The zero-order chi connectivity index (χ0) is 17.9. The lowest BCUT2D eigenvalue weighted by Gasteiger charge is -2.28. The van der Waals surface area contributed by atoms with Crippen molar-refractivity contribution in [2.24, 2.45) is 11.7 Å². The van der Waals surface area contributed by atoms with Crippen LogP contribution in [0.4, 0.5) is 0 Å². The maximum atomic E-state index is 12.7. The molecule has 1 aromatic heterocycles. The molecule has 0 radical (unpaired) electrons. The largest absolute Gasteiger partial charge is 0.344 e. The van der Waals surface area contributed by atoms with Gasteiger partial charge < -0.3 is 10.6 Å². The summed E-state index contributed by atoms with van der Waals surface area (Å²) in [5, 5.41) is 1.74. The Bertz CT molecular complexity index is 650. The molecule has 1 aliphatic rings. The molecule has 0 aliphatic carbocycles. The molecule has 2 N–H and O–H groups in total. The number of amides is 1. The zero-order valence-corrected chi connectivity index (χ0v) is 17.4. The Morgan fingerprint density at radius 3 is 2.72 bits per heavy atom. The minimum absolute atomic E-state index is 0. The third-order valence-corrected chi connectivity index (χ3v) is 7.86. The highest BCUT2D eigenvalue weighted by atomic mass is 35.5. The van der Waals surface area contributed by atoms with E-state index in [0.717, 1.165) is 0 Å². The number of thiophene rings is 1. The third kappa shape index (κ3) is 5.17.